The number of carbonyl (C=O) groups is 1. The number of thioether (sulfide) groups is 1. The highest BCUT2D eigenvalue weighted by Crippen LogP contribution is 2.33. The highest BCUT2D eigenvalue weighted by molar-refractivity contribution is 7.99. The van der Waals surface area contributed by atoms with Crippen LogP contribution >= 0.6 is 11.8 Å². The summed E-state index contributed by atoms with van der Waals surface area (Å²) in [5.74, 6) is 0.106. The van der Waals surface area contributed by atoms with Crippen LogP contribution in [0.4, 0.5) is 0 Å². The van der Waals surface area contributed by atoms with E-state index in [0.717, 1.165) is 5.56 Å². The van der Waals surface area contributed by atoms with E-state index >= 15 is 0 Å². The van der Waals surface area contributed by atoms with Gasteiger partial charge in [-0.05, 0) is 11.3 Å². The summed E-state index contributed by atoms with van der Waals surface area (Å²) in [6.07, 6.45) is -10.3. The number of nitrogens with one attached hydrogen (secondary N) is 1. The molecule has 2 aliphatic heterocycles. The van der Waals surface area contributed by atoms with Crippen LogP contribution in [-0.4, -0.2) is 111 Å². The summed E-state index contributed by atoms with van der Waals surface area (Å²) in [6, 6.07) is 8.27. The van der Waals surface area contributed by atoms with Gasteiger partial charge in [0.15, 0.2) is 6.29 Å². The summed E-state index contributed by atoms with van der Waals surface area (Å²) in [7, 11) is 0. The van der Waals surface area contributed by atoms with Crippen molar-refractivity contribution in [2.24, 2.45) is 0 Å². The summed E-state index contributed by atoms with van der Waals surface area (Å²) >= 11 is 1.32. The molecule has 1 amide bonds. The van der Waals surface area contributed by atoms with Crippen molar-refractivity contribution in [3.8, 4) is 0 Å². The number of benzene rings is 1. The van der Waals surface area contributed by atoms with Crippen LogP contribution in [0.15, 0.2) is 30.3 Å². The molecular formula is C23H35NO10S. The van der Waals surface area contributed by atoms with Crippen LogP contribution in [0, 0.1) is 0 Å². The molecule has 0 radical (unpaired) electrons. The Balaban J connectivity index is 1.75. The average Bonchev–Trinajstić information content (AvgIpc) is 2.84. The summed E-state index contributed by atoms with van der Waals surface area (Å²) < 4.78 is 23.2. The molecule has 0 saturated carbocycles. The van der Waals surface area contributed by atoms with Crippen LogP contribution < -0.4 is 5.32 Å². The minimum absolute atomic E-state index is 0.0185. The first-order chi connectivity index (χ1) is 16.8. The van der Waals surface area contributed by atoms with E-state index in [1.807, 2.05) is 37.3 Å². The molecular weight excluding hydrogens is 482 g/mol. The summed E-state index contributed by atoms with van der Waals surface area (Å²) in [4.78, 5) is 11.7. The quantitative estimate of drug-likeness (QED) is 0.219. The second-order valence-corrected chi connectivity index (χ2v) is 9.89. The molecule has 1 aromatic carbocycles. The Bertz CT molecular complexity index is 789. The topological polar surface area (TPSA) is 167 Å². The van der Waals surface area contributed by atoms with Crippen LogP contribution in [0.1, 0.15) is 19.4 Å². The van der Waals surface area contributed by atoms with Gasteiger partial charge < -0.3 is 49.8 Å². The zero-order valence-electron chi connectivity index (χ0n) is 19.7. The van der Waals surface area contributed by atoms with E-state index in [-0.39, 0.29) is 6.61 Å². The molecule has 6 N–H and O–H groups in total. The lowest BCUT2D eigenvalue weighted by atomic mass is 9.95. The highest BCUT2D eigenvalue weighted by atomic mass is 32.2. The third-order valence-corrected chi connectivity index (χ3v) is 6.96. The Labute approximate surface area is 208 Å². The number of aliphatic hydroxyl groups is 5. The second-order valence-electron chi connectivity index (χ2n) is 8.51. The minimum Gasteiger partial charge on any atom is -0.394 e. The normalized spacial score (nSPS) is 37.7. The van der Waals surface area contributed by atoms with Gasteiger partial charge in [0.05, 0.1) is 19.8 Å². The Kier molecular flexibility index (Phi) is 10.7. The van der Waals surface area contributed by atoms with Crippen molar-refractivity contribution in [3.05, 3.63) is 35.9 Å². The maximum atomic E-state index is 11.7. The fraction of sp³-hybridized carbons (Fsp3) is 0.696. The van der Waals surface area contributed by atoms with Gasteiger partial charge in [0.2, 0.25) is 5.91 Å². The molecule has 198 valence electrons. The number of carbonyl (C=O) groups excluding carboxylic acids is 1. The van der Waals surface area contributed by atoms with Gasteiger partial charge in [-0.3, -0.25) is 4.79 Å². The molecule has 2 saturated heterocycles. The van der Waals surface area contributed by atoms with E-state index in [1.165, 1.54) is 18.7 Å². The summed E-state index contributed by atoms with van der Waals surface area (Å²) in [5.41, 5.74) is 0.201. The molecule has 2 aliphatic rings. The van der Waals surface area contributed by atoms with E-state index in [1.54, 1.807) is 0 Å². The fourth-order valence-corrected chi connectivity index (χ4v) is 5.01. The molecule has 0 aliphatic carbocycles. The molecule has 2 fully saturated rings. The van der Waals surface area contributed by atoms with Crippen LogP contribution in [0.5, 0.6) is 0 Å². The standard InChI is InChI=1S/C23H35NO10S/c1-3-35-23-20(30)21(18(28)15(33-23)11-31-10-13-7-5-4-6-8-13)34-22-16(24-12(2)26)19(29)17(27)14(9-25)32-22/h4-8,14-23,25,27-30H,3,9-11H2,1-2H3,(H,24,26)/t14-,15-,16-,17-,18+,19-,20-,21+,22+,23+/m1/s1. The Morgan fingerprint density at radius 3 is 2.37 bits per heavy atom. The van der Waals surface area contributed by atoms with Crippen LogP contribution in [0.2, 0.25) is 0 Å². The van der Waals surface area contributed by atoms with E-state index in [4.69, 9.17) is 18.9 Å². The van der Waals surface area contributed by atoms with E-state index in [2.05, 4.69) is 5.32 Å². The van der Waals surface area contributed by atoms with E-state index in [9.17, 15) is 30.3 Å². The van der Waals surface area contributed by atoms with Gasteiger partial charge in [0, 0.05) is 6.92 Å². The molecule has 35 heavy (non-hydrogen) atoms. The van der Waals surface area contributed by atoms with Gasteiger partial charge in [-0.1, -0.05) is 37.3 Å². The number of hydrogen-bond acceptors (Lipinski definition) is 11. The number of aliphatic hydroxyl groups excluding tert-OH is 5. The average molecular weight is 518 g/mol. The van der Waals surface area contributed by atoms with Crippen molar-refractivity contribution in [3.63, 3.8) is 0 Å². The maximum Gasteiger partial charge on any atom is 0.217 e. The zero-order valence-corrected chi connectivity index (χ0v) is 20.5. The van der Waals surface area contributed by atoms with Gasteiger partial charge in [-0.25, -0.2) is 0 Å². The second kappa shape index (κ2) is 13.3. The lowest BCUT2D eigenvalue weighted by Gasteiger charge is -2.47. The number of ether oxygens (including phenoxy) is 4. The van der Waals surface area contributed by atoms with Crippen LogP contribution in [0.25, 0.3) is 0 Å². The predicted octanol–water partition coefficient (Wildman–Crippen LogP) is -1.27. The Morgan fingerprint density at radius 2 is 1.74 bits per heavy atom. The van der Waals surface area contributed by atoms with Crippen LogP contribution in [-0.2, 0) is 30.3 Å². The van der Waals surface area contributed by atoms with Crippen molar-refractivity contribution < 1.29 is 49.3 Å². The number of amides is 1. The predicted molar refractivity (Wildman–Crippen MR) is 125 cm³/mol. The SMILES string of the molecule is CCS[C@@H]1O[C@H](COCc2ccccc2)[C@H](O)[C@H](O[C@@H]2O[C@H](CO)[C@@H](O)[C@H](O)[C@H]2NC(C)=O)[C@H]1O. The number of hydrogen-bond donors (Lipinski definition) is 6. The van der Waals surface area contributed by atoms with E-state index in [0.29, 0.717) is 12.4 Å². The molecule has 0 aromatic heterocycles. The zero-order chi connectivity index (χ0) is 25.5. The van der Waals surface area contributed by atoms with Gasteiger partial charge in [0.25, 0.3) is 0 Å². The monoisotopic (exact) mass is 517 g/mol. The molecule has 0 unspecified atom stereocenters. The van der Waals surface area contributed by atoms with Crippen molar-refractivity contribution in [2.75, 3.05) is 19.0 Å². The third kappa shape index (κ3) is 7.13. The first-order valence-corrected chi connectivity index (χ1v) is 12.6. The minimum atomic E-state index is -1.52. The largest absolute Gasteiger partial charge is 0.394 e. The van der Waals surface area contributed by atoms with Gasteiger partial charge in [-0.15, -0.1) is 11.8 Å². The smallest absolute Gasteiger partial charge is 0.217 e. The molecule has 11 nitrogen and oxygen atoms in total. The molecule has 3 rings (SSSR count). The molecule has 12 heteroatoms. The lowest BCUT2D eigenvalue weighted by molar-refractivity contribution is -0.317. The van der Waals surface area contributed by atoms with Gasteiger partial charge >= 0.3 is 0 Å². The molecule has 0 bridgehead atoms. The molecule has 2 heterocycles. The maximum absolute atomic E-state index is 11.7. The first kappa shape index (κ1) is 28.3. The number of rotatable bonds is 10. The van der Waals surface area contributed by atoms with Crippen molar-refractivity contribution in [1.29, 1.82) is 0 Å². The Hall–Kier alpha value is -1.32. The van der Waals surface area contributed by atoms with E-state index < -0.39 is 73.0 Å². The first-order valence-electron chi connectivity index (χ1n) is 11.6. The van der Waals surface area contributed by atoms with Crippen molar-refractivity contribution in [1.82, 2.24) is 5.32 Å². The van der Waals surface area contributed by atoms with Gasteiger partial charge in [-0.2, -0.15) is 0 Å². The van der Waals surface area contributed by atoms with Crippen LogP contribution in [0.3, 0.4) is 0 Å². The summed E-state index contributed by atoms with van der Waals surface area (Å²) in [5, 5.41) is 54.7. The fourth-order valence-electron chi connectivity index (χ4n) is 4.11. The lowest BCUT2D eigenvalue weighted by Crippen LogP contribution is -2.67. The Morgan fingerprint density at radius 1 is 1.03 bits per heavy atom. The summed E-state index contributed by atoms with van der Waals surface area (Å²) in [6.45, 7) is 2.81. The molecule has 10 atom stereocenters. The van der Waals surface area contributed by atoms with Crippen molar-refractivity contribution >= 4 is 17.7 Å². The highest BCUT2D eigenvalue weighted by Gasteiger charge is 2.51. The molecule has 0 spiro atoms. The molecule has 1 aromatic rings. The third-order valence-electron chi connectivity index (χ3n) is 5.91. The van der Waals surface area contributed by atoms with Crippen molar-refractivity contribution in [2.45, 2.75) is 80.9 Å². The van der Waals surface area contributed by atoms with Gasteiger partial charge in [0.1, 0.15) is 54.2 Å².